The lowest BCUT2D eigenvalue weighted by atomic mass is 10.00. The Morgan fingerprint density at radius 2 is 1.73 bits per heavy atom. The first-order valence-electron chi connectivity index (χ1n) is 10.1. The molecule has 0 aliphatic heterocycles. The van der Waals surface area contributed by atoms with Gasteiger partial charge in [0.15, 0.2) is 0 Å². The Labute approximate surface area is 179 Å². The van der Waals surface area contributed by atoms with Gasteiger partial charge in [-0.05, 0) is 39.2 Å². The molecule has 1 aromatic carbocycles. The van der Waals surface area contributed by atoms with Crippen LogP contribution in [-0.2, 0) is 23.9 Å². The lowest BCUT2D eigenvalue weighted by Crippen LogP contribution is -2.36. The Morgan fingerprint density at radius 1 is 1.07 bits per heavy atom. The van der Waals surface area contributed by atoms with Gasteiger partial charge in [0, 0.05) is 6.42 Å². The summed E-state index contributed by atoms with van der Waals surface area (Å²) < 4.78 is 10.9. The largest absolute Gasteiger partial charge is 0.460 e. The van der Waals surface area contributed by atoms with Gasteiger partial charge in [0.2, 0.25) is 5.91 Å². The smallest absolute Gasteiger partial charge is 0.307 e. The van der Waals surface area contributed by atoms with Crippen molar-refractivity contribution in [3.05, 3.63) is 61.2 Å². The number of nitrogens with one attached hydrogen (secondary N) is 1. The summed E-state index contributed by atoms with van der Waals surface area (Å²) in [5.41, 5.74) is 0.154. The molecule has 164 valence electrons. The van der Waals surface area contributed by atoms with Crippen molar-refractivity contribution < 1.29 is 23.9 Å². The standard InChI is InChI=1S/C24H33NO5/c1-6-8-15-21(26)29-20(18-13-10-9-11-14-18)17-25-23(28)19(12-7-2)16-22(27)30-24(3,4)5/h6-7,9-11,13-14,19-20H,1-2,8,12,15-17H2,3-5H3,(H,25,28)/t19-,20?/m0/s1. The number of carbonyl (C=O) groups excluding carboxylic acids is 3. The maximum absolute atomic E-state index is 12.7. The van der Waals surface area contributed by atoms with Crippen LogP contribution in [0.1, 0.15) is 58.1 Å². The van der Waals surface area contributed by atoms with Crippen molar-refractivity contribution in [2.24, 2.45) is 5.92 Å². The number of benzene rings is 1. The molecule has 0 aromatic heterocycles. The molecule has 0 bridgehead atoms. The summed E-state index contributed by atoms with van der Waals surface area (Å²) in [4.78, 5) is 36.9. The number of hydrogen-bond acceptors (Lipinski definition) is 5. The molecule has 0 saturated heterocycles. The van der Waals surface area contributed by atoms with Gasteiger partial charge in [-0.2, -0.15) is 0 Å². The van der Waals surface area contributed by atoms with Gasteiger partial charge in [0.05, 0.1) is 18.9 Å². The molecule has 1 N–H and O–H groups in total. The highest BCUT2D eigenvalue weighted by Gasteiger charge is 2.26. The van der Waals surface area contributed by atoms with Crippen LogP contribution in [0.4, 0.5) is 0 Å². The van der Waals surface area contributed by atoms with E-state index in [0.29, 0.717) is 12.8 Å². The van der Waals surface area contributed by atoms with Crippen LogP contribution in [0.2, 0.25) is 0 Å². The van der Waals surface area contributed by atoms with Crippen molar-refractivity contribution in [2.45, 2.75) is 58.2 Å². The molecule has 0 saturated carbocycles. The van der Waals surface area contributed by atoms with Gasteiger partial charge in [-0.3, -0.25) is 14.4 Å². The zero-order valence-electron chi connectivity index (χ0n) is 18.2. The first kappa shape index (κ1) is 25.1. The maximum atomic E-state index is 12.7. The van der Waals surface area contributed by atoms with E-state index >= 15 is 0 Å². The third kappa shape index (κ3) is 10.0. The quantitative estimate of drug-likeness (QED) is 0.407. The normalized spacial score (nSPS) is 12.9. The lowest BCUT2D eigenvalue weighted by molar-refractivity contribution is -0.157. The number of allylic oxidation sites excluding steroid dienone is 2. The van der Waals surface area contributed by atoms with E-state index in [0.717, 1.165) is 5.56 Å². The molecule has 0 aliphatic rings. The van der Waals surface area contributed by atoms with E-state index in [1.165, 1.54) is 0 Å². The van der Waals surface area contributed by atoms with Crippen molar-refractivity contribution in [3.63, 3.8) is 0 Å². The summed E-state index contributed by atoms with van der Waals surface area (Å²) >= 11 is 0. The molecular formula is C24H33NO5. The topological polar surface area (TPSA) is 81.7 Å². The fraction of sp³-hybridized carbons (Fsp3) is 0.458. The Morgan fingerprint density at radius 3 is 2.30 bits per heavy atom. The van der Waals surface area contributed by atoms with Gasteiger partial charge in [0.25, 0.3) is 0 Å². The van der Waals surface area contributed by atoms with Gasteiger partial charge in [-0.15, -0.1) is 13.2 Å². The number of carbonyl (C=O) groups is 3. The Bertz CT molecular complexity index is 721. The molecule has 0 heterocycles. The van der Waals surface area contributed by atoms with Crippen LogP contribution in [0.25, 0.3) is 0 Å². The molecule has 0 radical (unpaired) electrons. The molecule has 1 amide bonds. The highest BCUT2D eigenvalue weighted by atomic mass is 16.6. The fourth-order valence-corrected chi connectivity index (χ4v) is 2.74. The van der Waals surface area contributed by atoms with E-state index < -0.39 is 23.6 Å². The minimum atomic E-state index is -0.627. The van der Waals surface area contributed by atoms with Crippen LogP contribution >= 0.6 is 0 Å². The Kier molecular flexibility index (Phi) is 10.6. The fourth-order valence-electron chi connectivity index (χ4n) is 2.74. The van der Waals surface area contributed by atoms with E-state index in [1.54, 1.807) is 32.9 Å². The van der Waals surface area contributed by atoms with Gasteiger partial charge >= 0.3 is 11.9 Å². The van der Waals surface area contributed by atoms with Gasteiger partial charge in [0.1, 0.15) is 11.7 Å². The minimum Gasteiger partial charge on any atom is -0.460 e. The summed E-state index contributed by atoms with van der Waals surface area (Å²) in [6.07, 6.45) is 3.64. The van der Waals surface area contributed by atoms with E-state index in [2.05, 4.69) is 18.5 Å². The molecular weight excluding hydrogens is 382 g/mol. The Hall–Kier alpha value is -2.89. The minimum absolute atomic E-state index is 0.0513. The third-order valence-corrected chi connectivity index (χ3v) is 4.11. The van der Waals surface area contributed by atoms with Crippen molar-refractivity contribution in [3.8, 4) is 0 Å². The number of amides is 1. The van der Waals surface area contributed by atoms with Crippen LogP contribution in [0.3, 0.4) is 0 Å². The van der Waals surface area contributed by atoms with Gasteiger partial charge in [-0.1, -0.05) is 42.5 Å². The van der Waals surface area contributed by atoms with E-state index in [1.807, 2.05) is 30.3 Å². The van der Waals surface area contributed by atoms with Crippen molar-refractivity contribution >= 4 is 17.8 Å². The molecule has 0 spiro atoms. The second-order valence-electron chi connectivity index (χ2n) is 7.97. The van der Waals surface area contributed by atoms with E-state index in [-0.39, 0.29) is 31.3 Å². The molecule has 1 unspecified atom stereocenters. The number of rotatable bonds is 12. The van der Waals surface area contributed by atoms with E-state index in [4.69, 9.17) is 9.47 Å². The first-order chi connectivity index (χ1) is 14.2. The molecule has 1 aromatic rings. The van der Waals surface area contributed by atoms with Crippen LogP contribution in [0.5, 0.6) is 0 Å². The summed E-state index contributed by atoms with van der Waals surface area (Å²) in [6.45, 7) is 12.7. The summed E-state index contributed by atoms with van der Waals surface area (Å²) in [5.74, 6) is -1.73. The van der Waals surface area contributed by atoms with Crippen molar-refractivity contribution in [1.82, 2.24) is 5.32 Å². The van der Waals surface area contributed by atoms with Gasteiger partial charge < -0.3 is 14.8 Å². The summed E-state index contributed by atoms with van der Waals surface area (Å²) in [7, 11) is 0. The molecule has 6 nitrogen and oxygen atoms in total. The van der Waals surface area contributed by atoms with Crippen LogP contribution in [-0.4, -0.2) is 30.0 Å². The molecule has 30 heavy (non-hydrogen) atoms. The predicted molar refractivity (Wildman–Crippen MR) is 116 cm³/mol. The molecule has 2 atom stereocenters. The molecule has 0 aliphatic carbocycles. The zero-order chi connectivity index (χ0) is 22.6. The highest BCUT2D eigenvalue weighted by molar-refractivity contribution is 5.84. The average Bonchev–Trinajstić information content (AvgIpc) is 2.68. The highest BCUT2D eigenvalue weighted by Crippen LogP contribution is 2.19. The number of hydrogen-bond donors (Lipinski definition) is 1. The molecule has 0 fully saturated rings. The summed E-state index contributed by atoms with van der Waals surface area (Å²) in [6, 6.07) is 9.20. The van der Waals surface area contributed by atoms with Crippen molar-refractivity contribution in [1.29, 1.82) is 0 Å². The monoisotopic (exact) mass is 415 g/mol. The third-order valence-electron chi connectivity index (χ3n) is 4.11. The van der Waals surface area contributed by atoms with Crippen LogP contribution in [0, 0.1) is 5.92 Å². The van der Waals surface area contributed by atoms with Gasteiger partial charge in [-0.25, -0.2) is 0 Å². The first-order valence-corrected chi connectivity index (χ1v) is 10.1. The molecule has 1 rings (SSSR count). The Balaban J connectivity index is 2.79. The number of ether oxygens (including phenoxy) is 2. The second-order valence-corrected chi connectivity index (χ2v) is 7.97. The number of esters is 2. The van der Waals surface area contributed by atoms with Crippen LogP contribution < -0.4 is 5.32 Å². The van der Waals surface area contributed by atoms with E-state index in [9.17, 15) is 14.4 Å². The van der Waals surface area contributed by atoms with Crippen LogP contribution in [0.15, 0.2) is 55.6 Å². The second kappa shape index (κ2) is 12.6. The SMILES string of the molecule is C=CCCC(=O)OC(CNC(=O)[C@@H](CC=C)CC(=O)OC(C)(C)C)c1ccccc1. The zero-order valence-corrected chi connectivity index (χ0v) is 18.2. The summed E-state index contributed by atoms with van der Waals surface area (Å²) in [5, 5.41) is 2.80. The molecule has 6 heteroatoms. The average molecular weight is 416 g/mol. The van der Waals surface area contributed by atoms with Crippen molar-refractivity contribution in [2.75, 3.05) is 6.54 Å². The predicted octanol–water partition coefficient (Wildman–Crippen LogP) is 4.28. The maximum Gasteiger partial charge on any atom is 0.307 e. The lowest BCUT2D eigenvalue weighted by Gasteiger charge is -2.23.